The fraction of sp³-hybridized carbons (Fsp3) is 0.800. The summed E-state index contributed by atoms with van der Waals surface area (Å²) < 4.78 is 5.32. The zero-order chi connectivity index (χ0) is 12.0. The molecule has 2 N–H and O–H groups in total. The number of aliphatic carboxylic acids is 1. The molecule has 1 aliphatic rings. The van der Waals surface area contributed by atoms with Crippen molar-refractivity contribution in [2.45, 2.75) is 25.9 Å². The monoisotopic (exact) mass is 230 g/mol. The third-order valence-corrected chi connectivity index (χ3v) is 2.38. The number of rotatable bonds is 6. The highest BCUT2D eigenvalue weighted by atomic mass is 16.5. The molecule has 1 saturated heterocycles. The summed E-state index contributed by atoms with van der Waals surface area (Å²) in [6, 6.07) is -0.138. The van der Waals surface area contributed by atoms with Crippen LogP contribution >= 0.6 is 0 Å². The molecule has 92 valence electrons. The van der Waals surface area contributed by atoms with Gasteiger partial charge in [0, 0.05) is 19.6 Å². The number of nitrogens with zero attached hydrogens (tertiary/aromatic N) is 1. The van der Waals surface area contributed by atoms with Crippen molar-refractivity contribution in [1.82, 2.24) is 10.2 Å². The van der Waals surface area contributed by atoms with Gasteiger partial charge in [0.2, 0.25) is 0 Å². The Bertz CT molecular complexity index is 251. The molecule has 1 heterocycles. The van der Waals surface area contributed by atoms with Gasteiger partial charge in [-0.15, -0.1) is 0 Å². The number of hydrogen-bond donors (Lipinski definition) is 2. The second-order valence-corrected chi connectivity index (χ2v) is 3.71. The van der Waals surface area contributed by atoms with E-state index < -0.39 is 5.97 Å². The molecule has 0 unspecified atom stereocenters. The molecule has 0 saturated carbocycles. The quantitative estimate of drug-likeness (QED) is 0.642. The summed E-state index contributed by atoms with van der Waals surface area (Å²) in [4.78, 5) is 23.3. The Balaban J connectivity index is 2.02. The molecule has 0 aliphatic carbocycles. The molecule has 0 spiro atoms. The van der Waals surface area contributed by atoms with Gasteiger partial charge < -0.3 is 20.1 Å². The molecule has 0 aromatic heterocycles. The number of amides is 2. The molecule has 2 amide bonds. The fourth-order valence-corrected chi connectivity index (χ4v) is 1.49. The lowest BCUT2D eigenvalue weighted by molar-refractivity contribution is -0.137. The normalized spacial score (nSPS) is 15.7. The van der Waals surface area contributed by atoms with Gasteiger partial charge in [0.1, 0.15) is 0 Å². The Labute approximate surface area is 94.6 Å². The minimum atomic E-state index is -0.838. The van der Waals surface area contributed by atoms with E-state index in [9.17, 15) is 9.59 Å². The minimum Gasteiger partial charge on any atom is -0.481 e. The van der Waals surface area contributed by atoms with Gasteiger partial charge in [-0.2, -0.15) is 0 Å². The molecule has 0 bridgehead atoms. The van der Waals surface area contributed by atoms with Crippen molar-refractivity contribution in [2.75, 3.05) is 26.2 Å². The maximum Gasteiger partial charge on any atom is 0.317 e. The number of nitrogens with one attached hydrogen (secondary N) is 1. The summed E-state index contributed by atoms with van der Waals surface area (Å²) in [5, 5.41) is 11.1. The Morgan fingerprint density at radius 1 is 1.50 bits per heavy atom. The summed E-state index contributed by atoms with van der Waals surface area (Å²) in [7, 11) is 0. The van der Waals surface area contributed by atoms with E-state index in [1.807, 2.05) is 6.92 Å². The van der Waals surface area contributed by atoms with E-state index in [1.54, 1.807) is 4.90 Å². The van der Waals surface area contributed by atoms with Crippen molar-refractivity contribution in [3.8, 4) is 0 Å². The molecular weight excluding hydrogens is 212 g/mol. The van der Waals surface area contributed by atoms with Gasteiger partial charge in [0.15, 0.2) is 0 Å². The number of carboxylic acids is 1. The maximum absolute atomic E-state index is 11.4. The summed E-state index contributed by atoms with van der Waals surface area (Å²) in [5.74, 6) is -0.838. The first-order valence-corrected chi connectivity index (χ1v) is 5.49. The lowest BCUT2D eigenvalue weighted by Gasteiger charge is -2.38. The average molecular weight is 230 g/mol. The van der Waals surface area contributed by atoms with Crippen LogP contribution in [-0.4, -0.2) is 54.4 Å². The first-order valence-electron chi connectivity index (χ1n) is 5.49. The van der Waals surface area contributed by atoms with Gasteiger partial charge in [0.25, 0.3) is 0 Å². The number of hydrogen-bond acceptors (Lipinski definition) is 3. The Hall–Kier alpha value is -1.30. The van der Waals surface area contributed by atoms with Gasteiger partial charge in [-0.3, -0.25) is 4.79 Å². The van der Waals surface area contributed by atoms with Crippen LogP contribution < -0.4 is 5.32 Å². The molecule has 6 heteroatoms. The zero-order valence-corrected chi connectivity index (χ0v) is 9.44. The maximum atomic E-state index is 11.4. The van der Waals surface area contributed by atoms with E-state index in [2.05, 4.69) is 5.32 Å². The Morgan fingerprint density at radius 2 is 2.19 bits per heavy atom. The molecule has 0 aromatic carbocycles. The average Bonchev–Trinajstić information content (AvgIpc) is 2.17. The first-order chi connectivity index (χ1) is 7.63. The lowest BCUT2D eigenvalue weighted by atomic mass is 10.2. The lowest BCUT2D eigenvalue weighted by Crippen LogP contribution is -2.57. The van der Waals surface area contributed by atoms with Gasteiger partial charge in [-0.1, -0.05) is 0 Å². The van der Waals surface area contributed by atoms with Crippen LogP contribution in [0.1, 0.15) is 19.8 Å². The Morgan fingerprint density at radius 3 is 2.75 bits per heavy atom. The summed E-state index contributed by atoms with van der Waals surface area (Å²) >= 11 is 0. The zero-order valence-electron chi connectivity index (χ0n) is 9.44. The second-order valence-electron chi connectivity index (χ2n) is 3.71. The fourth-order valence-electron chi connectivity index (χ4n) is 1.49. The van der Waals surface area contributed by atoms with E-state index in [1.165, 1.54) is 0 Å². The van der Waals surface area contributed by atoms with Crippen LogP contribution in [0, 0.1) is 0 Å². The number of carbonyl (C=O) groups excluding carboxylic acids is 1. The molecule has 16 heavy (non-hydrogen) atoms. The summed E-state index contributed by atoms with van der Waals surface area (Å²) in [5.41, 5.74) is 0. The predicted molar refractivity (Wildman–Crippen MR) is 57.3 cm³/mol. The van der Waals surface area contributed by atoms with E-state index in [0.717, 1.165) is 0 Å². The second kappa shape index (κ2) is 6.32. The number of carboxylic acid groups (broad SMARTS) is 1. The van der Waals surface area contributed by atoms with Crippen molar-refractivity contribution in [3.05, 3.63) is 0 Å². The standard InChI is InChI=1S/C10H18N2O4/c1-2-16-8-6-12(7-8)10(15)11-5-3-4-9(13)14/h8H,2-7H2,1H3,(H,11,15)(H,13,14). The van der Waals surface area contributed by atoms with E-state index >= 15 is 0 Å². The highest BCUT2D eigenvalue weighted by Crippen LogP contribution is 2.11. The molecule has 1 aliphatic heterocycles. The first kappa shape index (κ1) is 12.8. The third-order valence-electron chi connectivity index (χ3n) is 2.38. The van der Waals surface area contributed by atoms with Crippen LogP contribution in [0.5, 0.6) is 0 Å². The highest BCUT2D eigenvalue weighted by Gasteiger charge is 2.30. The van der Waals surface area contributed by atoms with E-state index in [0.29, 0.717) is 32.7 Å². The van der Waals surface area contributed by atoms with Crippen LogP contribution in [0.3, 0.4) is 0 Å². The minimum absolute atomic E-state index is 0.0852. The van der Waals surface area contributed by atoms with Crippen LogP contribution in [0.4, 0.5) is 4.79 Å². The number of urea groups is 1. The van der Waals surface area contributed by atoms with Crippen molar-refractivity contribution < 1.29 is 19.4 Å². The van der Waals surface area contributed by atoms with Crippen molar-refractivity contribution in [2.24, 2.45) is 0 Å². The van der Waals surface area contributed by atoms with Gasteiger partial charge >= 0.3 is 12.0 Å². The number of ether oxygens (including phenoxy) is 1. The van der Waals surface area contributed by atoms with Crippen LogP contribution in [0.2, 0.25) is 0 Å². The number of likely N-dealkylation sites (tertiary alicyclic amines) is 1. The van der Waals surface area contributed by atoms with Crippen LogP contribution in [0.25, 0.3) is 0 Å². The van der Waals surface area contributed by atoms with Gasteiger partial charge in [-0.25, -0.2) is 4.79 Å². The smallest absolute Gasteiger partial charge is 0.317 e. The van der Waals surface area contributed by atoms with Crippen molar-refractivity contribution in [1.29, 1.82) is 0 Å². The van der Waals surface area contributed by atoms with Crippen molar-refractivity contribution >= 4 is 12.0 Å². The topological polar surface area (TPSA) is 78.9 Å². The van der Waals surface area contributed by atoms with E-state index in [4.69, 9.17) is 9.84 Å². The molecule has 1 rings (SSSR count). The molecule has 6 nitrogen and oxygen atoms in total. The summed E-state index contributed by atoms with van der Waals surface area (Å²) in [6.45, 7) is 4.24. The van der Waals surface area contributed by atoms with E-state index in [-0.39, 0.29) is 18.6 Å². The van der Waals surface area contributed by atoms with Crippen LogP contribution in [0.15, 0.2) is 0 Å². The van der Waals surface area contributed by atoms with Gasteiger partial charge in [0.05, 0.1) is 19.2 Å². The third kappa shape index (κ3) is 4.06. The largest absolute Gasteiger partial charge is 0.481 e. The predicted octanol–water partition coefficient (Wildman–Crippen LogP) is 0.281. The molecule has 0 radical (unpaired) electrons. The van der Waals surface area contributed by atoms with Crippen LogP contribution in [-0.2, 0) is 9.53 Å². The summed E-state index contributed by atoms with van der Waals surface area (Å²) in [6.07, 6.45) is 0.709. The molecule has 0 aromatic rings. The molecular formula is C10H18N2O4. The van der Waals surface area contributed by atoms with Gasteiger partial charge in [-0.05, 0) is 13.3 Å². The van der Waals surface area contributed by atoms with Crippen molar-refractivity contribution in [3.63, 3.8) is 0 Å². The molecule has 0 atom stereocenters. The molecule has 1 fully saturated rings. The SMILES string of the molecule is CCOC1CN(C(=O)NCCCC(=O)O)C1. The highest BCUT2D eigenvalue weighted by molar-refractivity contribution is 5.75. The number of carbonyl (C=O) groups is 2. The Kier molecular flexibility index (Phi) is 5.04.